The molecule has 1 heterocycles. The van der Waals surface area contributed by atoms with Crippen molar-refractivity contribution in [1.29, 1.82) is 0 Å². The Balaban J connectivity index is 2.10. The summed E-state index contributed by atoms with van der Waals surface area (Å²) in [5.41, 5.74) is 1.12. The predicted molar refractivity (Wildman–Crippen MR) is 76.1 cm³/mol. The van der Waals surface area contributed by atoms with Gasteiger partial charge in [-0.15, -0.1) is 0 Å². The van der Waals surface area contributed by atoms with Crippen LogP contribution in [0.15, 0.2) is 16.7 Å². The molecular formula is C15H27NO3. The number of unbranched alkanes of at least 4 members (excludes halogenated alkanes) is 1. The molecule has 110 valence electrons. The summed E-state index contributed by atoms with van der Waals surface area (Å²) in [4.78, 5) is 0. The number of furan rings is 1. The Morgan fingerprint density at radius 2 is 1.95 bits per heavy atom. The van der Waals surface area contributed by atoms with Crippen LogP contribution in [-0.2, 0) is 22.6 Å². The summed E-state index contributed by atoms with van der Waals surface area (Å²) in [5.74, 6) is 0.973. The van der Waals surface area contributed by atoms with Crippen molar-refractivity contribution in [1.82, 2.24) is 5.32 Å². The number of hydrogen-bond acceptors (Lipinski definition) is 4. The van der Waals surface area contributed by atoms with Crippen LogP contribution < -0.4 is 5.32 Å². The van der Waals surface area contributed by atoms with Crippen molar-refractivity contribution in [2.75, 3.05) is 26.4 Å². The lowest BCUT2D eigenvalue weighted by Crippen LogP contribution is -2.14. The maximum Gasteiger partial charge on any atom is 0.123 e. The number of hydrogen-bond donors (Lipinski definition) is 1. The first-order valence-electron chi connectivity index (χ1n) is 7.29. The Labute approximate surface area is 116 Å². The minimum Gasteiger partial charge on any atom is -0.468 e. The molecule has 1 N–H and O–H groups in total. The Morgan fingerprint density at radius 3 is 2.74 bits per heavy atom. The van der Waals surface area contributed by atoms with Gasteiger partial charge in [0.05, 0.1) is 32.6 Å². The van der Waals surface area contributed by atoms with Crippen LogP contribution in [0.2, 0.25) is 0 Å². The van der Waals surface area contributed by atoms with E-state index in [9.17, 15) is 0 Å². The van der Waals surface area contributed by atoms with Crippen LogP contribution in [0.5, 0.6) is 0 Å². The van der Waals surface area contributed by atoms with Gasteiger partial charge in [-0.25, -0.2) is 0 Å². The van der Waals surface area contributed by atoms with Crippen molar-refractivity contribution in [2.24, 2.45) is 0 Å². The van der Waals surface area contributed by atoms with E-state index in [-0.39, 0.29) is 0 Å². The first-order valence-corrected chi connectivity index (χ1v) is 7.29. The largest absolute Gasteiger partial charge is 0.468 e. The molecule has 1 rings (SSSR count). The number of nitrogens with one attached hydrogen (secondary N) is 1. The summed E-state index contributed by atoms with van der Waals surface area (Å²) in [6, 6.07) is 1.97. The highest BCUT2D eigenvalue weighted by molar-refractivity contribution is 5.15. The van der Waals surface area contributed by atoms with E-state index >= 15 is 0 Å². The molecule has 19 heavy (non-hydrogen) atoms. The average molecular weight is 269 g/mol. The first kappa shape index (κ1) is 16.2. The molecule has 0 amide bonds. The van der Waals surface area contributed by atoms with Crippen LogP contribution in [0.4, 0.5) is 0 Å². The highest BCUT2D eigenvalue weighted by Gasteiger charge is 2.05. The molecule has 0 saturated carbocycles. The third kappa shape index (κ3) is 7.35. The third-order valence-corrected chi connectivity index (χ3v) is 2.82. The Morgan fingerprint density at radius 1 is 1.11 bits per heavy atom. The lowest BCUT2D eigenvalue weighted by atomic mass is 10.2. The highest BCUT2D eigenvalue weighted by atomic mass is 16.5. The van der Waals surface area contributed by atoms with Gasteiger partial charge in [0, 0.05) is 12.2 Å². The fourth-order valence-corrected chi connectivity index (χ4v) is 1.68. The summed E-state index contributed by atoms with van der Waals surface area (Å²) in [7, 11) is 0. The monoisotopic (exact) mass is 269 g/mol. The van der Waals surface area contributed by atoms with E-state index in [0.29, 0.717) is 19.8 Å². The van der Waals surface area contributed by atoms with E-state index < -0.39 is 0 Å². The van der Waals surface area contributed by atoms with Gasteiger partial charge in [-0.05, 0) is 25.5 Å². The highest BCUT2D eigenvalue weighted by Crippen LogP contribution is 2.11. The number of rotatable bonds is 12. The molecule has 0 spiro atoms. The predicted octanol–water partition coefficient (Wildman–Crippen LogP) is 3.11. The van der Waals surface area contributed by atoms with Crippen molar-refractivity contribution in [3.05, 3.63) is 23.7 Å². The molecule has 0 radical (unpaired) electrons. The van der Waals surface area contributed by atoms with Crippen LogP contribution in [0.3, 0.4) is 0 Å². The van der Waals surface area contributed by atoms with Gasteiger partial charge in [-0.1, -0.05) is 20.3 Å². The molecule has 4 heteroatoms. The molecule has 0 fully saturated rings. The van der Waals surface area contributed by atoms with Crippen molar-refractivity contribution in [2.45, 2.75) is 46.3 Å². The van der Waals surface area contributed by atoms with Gasteiger partial charge in [0.1, 0.15) is 5.76 Å². The van der Waals surface area contributed by atoms with Crippen LogP contribution in [-0.4, -0.2) is 26.4 Å². The second-order valence-electron chi connectivity index (χ2n) is 4.56. The van der Waals surface area contributed by atoms with E-state index in [1.54, 1.807) is 6.26 Å². The van der Waals surface area contributed by atoms with Crippen LogP contribution in [0.25, 0.3) is 0 Å². The fourth-order valence-electron chi connectivity index (χ4n) is 1.68. The fraction of sp³-hybridized carbons (Fsp3) is 0.733. The minimum absolute atomic E-state index is 0.594. The lowest BCUT2D eigenvalue weighted by molar-refractivity contribution is 0.0392. The van der Waals surface area contributed by atoms with Crippen molar-refractivity contribution >= 4 is 0 Å². The van der Waals surface area contributed by atoms with E-state index in [2.05, 4.69) is 19.2 Å². The summed E-state index contributed by atoms with van der Waals surface area (Å²) in [5, 5.41) is 3.33. The molecule has 0 atom stereocenters. The van der Waals surface area contributed by atoms with Gasteiger partial charge < -0.3 is 19.2 Å². The summed E-state index contributed by atoms with van der Waals surface area (Å²) < 4.78 is 16.5. The van der Waals surface area contributed by atoms with Crippen molar-refractivity contribution < 1.29 is 13.9 Å². The quantitative estimate of drug-likeness (QED) is 0.592. The van der Waals surface area contributed by atoms with Gasteiger partial charge in [-0.3, -0.25) is 0 Å². The maximum absolute atomic E-state index is 5.59. The molecule has 0 bridgehead atoms. The summed E-state index contributed by atoms with van der Waals surface area (Å²) in [6.45, 7) is 8.82. The molecule has 0 aliphatic rings. The van der Waals surface area contributed by atoms with Gasteiger partial charge in [0.15, 0.2) is 0 Å². The molecule has 0 aliphatic carbocycles. The lowest BCUT2D eigenvalue weighted by Gasteiger charge is -2.06. The Hall–Kier alpha value is -0.840. The van der Waals surface area contributed by atoms with E-state index in [1.807, 2.05) is 6.07 Å². The number of ether oxygens (including phenoxy) is 2. The van der Waals surface area contributed by atoms with E-state index in [0.717, 1.165) is 43.9 Å². The van der Waals surface area contributed by atoms with Crippen LogP contribution in [0, 0.1) is 0 Å². The third-order valence-electron chi connectivity index (χ3n) is 2.82. The molecule has 0 aromatic carbocycles. The second-order valence-corrected chi connectivity index (χ2v) is 4.56. The second kappa shape index (κ2) is 11.0. The van der Waals surface area contributed by atoms with Crippen molar-refractivity contribution in [3.63, 3.8) is 0 Å². The molecule has 0 saturated heterocycles. The molecule has 4 nitrogen and oxygen atoms in total. The molecule has 1 aromatic heterocycles. The Kier molecular flexibility index (Phi) is 9.41. The molecule has 0 unspecified atom stereocenters. The zero-order valence-corrected chi connectivity index (χ0v) is 12.2. The minimum atomic E-state index is 0.594. The van der Waals surface area contributed by atoms with E-state index in [4.69, 9.17) is 13.9 Å². The zero-order chi connectivity index (χ0) is 13.8. The van der Waals surface area contributed by atoms with Crippen LogP contribution in [0.1, 0.15) is 44.4 Å². The topological polar surface area (TPSA) is 43.6 Å². The van der Waals surface area contributed by atoms with Gasteiger partial charge in [-0.2, -0.15) is 0 Å². The van der Waals surface area contributed by atoms with Gasteiger partial charge >= 0.3 is 0 Å². The SMILES string of the molecule is CCCCOCCOCc1ccoc1CNCCC. The molecular weight excluding hydrogens is 242 g/mol. The standard InChI is InChI=1S/C15H27NO3/c1-3-5-8-17-10-11-18-13-14-6-9-19-15(14)12-16-7-4-2/h6,9,16H,3-5,7-8,10-13H2,1-2H3. The molecule has 0 aliphatic heterocycles. The Bertz CT molecular complexity index is 312. The van der Waals surface area contributed by atoms with Crippen LogP contribution >= 0.6 is 0 Å². The van der Waals surface area contributed by atoms with Gasteiger partial charge in [0.2, 0.25) is 0 Å². The molecule has 1 aromatic rings. The first-order chi connectivity index (χ1) is 9.38. The van der Waals surface area contributed by atoms with Crippen molar-refractivity contribution in [3.8, 4) is 0 Å². The summed E-state index contributed by atoms with van der Waals surface area (Å²) >= 11 is 0. The normalized spacial score (nSPS) is 11.1. The maximum atomic E-state index is 5.59. The smallest absolute Gasteiger partial charge is 0.123 e. The average Bonchev–Trinajstić information content (AvgIpc) is 2.86. The summed E-state index contributed by atoms with van der Waals surface area (Å²) in [6.07, 6.45) is 5.14. The van der Waals surface area contributed by atoms with Gasteiger partial charge in [0.25, 0.3) is 0 Å². The zero-order valence-electron chi connectivity index (χ0n) is 12.2. The van der Waals surface area contributed by atoms with E-state index in [1.165, 1.54) is 6.42 Å².